The molecule has 0 radical (unpaired) electrons. The topological polar surface area (TPSA) is 99.3 Å². The van der Waals surface area contributed by atoms with Crippen molar-refractivity contribution >= 4 is 26.8 Å². The number of fused-ring (bicyclic) bond motifs is 1. The van der Waals surface area contributed by atoms with Crippen molar-refractivity contribution in [2.24, 2.45) is 5.92 Å². The first-order chi connectivity index (χ1) is 14.8. The number of carbonyl (C=O) groups is 1. The fourth-order valence-electron chi connectivity index (χ4n) is 3.97. The molecule has 1 fully saturated rings. The third kappa shape index (κ3) is 4.55. The average molecular weight is 440 g/mol. The summed E-state index contributed by atoms with van der Waals surface area (Å²) in [5.41, 5.74) is 1.08. The molecule has 0 aliphatic carbocycles. The highest BCUT2D eigenvalue weighted by molar-refractivity contribution is 7.89. The van der Waals surface area contributed by atoms with Crippen LogP contribution < -0.4 is 10.9 Å². The lowest BCUT2D eigenvalue weighted by Gasteiger charge is -2.30. The second-order valence-corrected chi connectivity index (χ2v) is 9.97. The quantitative estimate of drug-likeness (QED) is 0.639. The zero-order chi connectivity index (χ0) is 22.0. The number of H-pyrrole nitrogens is 1. The number of sulfonamides is 1. The molecule has 162 valence electrons. The van der Waals surface area contributed by atoms with Crippen LogP contribution in [0.3, 0.4) is 0 Å². The van der Waals surface area contributed by atoms with Gasteiger partial charge in [-0.3, -0.25) is 9.59 Å². The molecule has 1 aliphatic heterocycles. The van der Waals surface area contributed by atoms with Crippen molar-refractivity contribution < 1.29 is 13.2 Å². The van der Waals surface area contributed by atoms with Gasteiger partial charge in [-0.25, -0.2) is 8.42 Å². The van der Waals surface area contributed by atoms with Gasteiger partial charge in [-0.1, -0.05) is 37.3 Å². The zero-order valence-electron chi connectivity index (χ0n) is 17.3. The van der Waals surface area contributed by atoms with Gasteiger partial charge in [0.05, 0.1) is 10.5 Å². The predicted molar refractivity (Wildman–Crippen MR) is 119 cm³/mol. The van der Waals surface area contributed by atoms with Crippen molar-refractivity contribution in [2.45, 2.75) is 31.2 Å². The number of rotatable bonds is 5. The lowest BCUT2D eigenvalue weighted by Crippen LogP contribution is -2.39. The van der Waals surface area contributed by atoms with E-state index < -0.39 is 21.5 Å². The van der Waals surface area contributed by atoms with E-state index in [1.807, 2.05) is 37.3 Å². The van der Waals surface area contributed by atoms with Crippen molar-refractivity contribution in [3.05, 3.63) is 76.1 Å². The second kappa shape index (κ2) is 8.64. The first-order valence-electron chi connectivity index (χ1n) is 10.3. The van der Waals surface area contributed by atoms with Crippen LogP contribution in [0.25, 0.3) is 10.9 Å². The molecule has 0 saturated carbocycles. The van der Waals surface area contributed by atoms with Crippen molar-refractivity contribution in [3.8, 4) is 0 Å². The lowest BCUT2D eigenvalue weighted by atomic mass is 10.0. The largest absolute Gasteiger partial charge is 0.348 e. The Bertz CT molecular complexity index is 1270. The number of nitrogens with zero attached hydrogens (tertiary/aromatic N) is 1. The van der Waals surface area contributed by atoms with Gasteiger partial charge in [-0.05, 0) is 42.5 Å². The van der Waals surface area contributed by atoms with Gasteiger partial charge in [-0.2, -0.15) is 4.31 Å². The van der Waals surface area contributed by atoms with Crippen molar-refractivity contribution in [1.29, 1.82) is 0 Å². The molecule has 0 bridgehead atoms. The standard InChI is InChI=1S/C23H25N3O4S/c1-16-6-5-11-26(15-16)31(29,30)18-9-10-21-19(12-18)20(13-22(27)25-21)23(28)24-14-17-7-3-2-4-8-17/h2-4,7-10,12-13,16H,5-6,11,14-15H2,1H3,(H,24,28)(H,25,27). The summed E-state index contributed by atoms with van der Waals surface area (Å²) in [6, 6.07) is 15.1. The van der Waals surface area contributed by atoms with Crippen molar-refractivity contribution in [2.75, 3.05) is 13.1 Å². The number of carbonyl (C=O) groups excluding carboxylic acids is 1. The second-order valence-electron chi connectivity index (χ2n) is 8.03. The van der Waals surface area contributed by atoms with Crippen LogP contribution in [0.15, 0.2) is 64.3 Å². The molecule has 7 nitrogen and oxygen atoms in total. The maximum Gasteiger partial charge on any atom is 0.252 e. The van der Waals surface area contributed by atoms with Crippen LogP contribution in [0.2, 0.25) is 0 Å². The fraction of sp³-hybridized carbons (Fsp3) is 0.304. The Hall–Kier alpha value is -2.97. The van der Waals surface area contributed by atoms with E-state index >= 15 is 0 Å². The van der Waals surface area contributed by atoms with E-state index in [0.717, 1.165) is 18.4 Å². The fourth-order valence-corrected chi connectivity index (χ4v) is 5.59. The molecule has 1 atom stereocenters. The molecule has 4 rings (SSSR count). The van der Waals surface area contributed by atoms with Gasteiger partial charge in [0.2, 0.25) is 15.6 Å². The predicted octanol–water partition coefficient (Wildman–Crippen LogP) is 2.88. The van der Waals surface area contributed by atoms with Crippen LogP contribution in [0.5, 0.6) is 0 Å². The Morgan fingerprint density at radius 2 is 1.94 bits per heavy atom. The SMILES string of the molecule is CC1CCCN(S(=O)(=O)c2ccc3[nH]c(=O)cc(C(=O)NCc4ccccc4)c3c2)C1. The zero-order valence-corrected chi connectivity index (χ0v) is 18.1. The summed E-state index contributed by atoms with van der Waals surface area (Å²) in [6.07, 6.45) is 1.84. The minimum Gasteiger partial charge on any atom is -0.348 e. The number of pyridine rings is 1. The monoisotopic (exact) mass is 439 g/mol. The van der Waals surface area contributed by atoms with Crippen molar-refractivity contribution in [3.63, 3.8) is 0 Å². The molecule has 1 saturated heterocycles. The number of aromatic amines is 1. The Kier molecular flexibility index (Phi) is 5.93. The summed E-state index contributed by atoms with van der Waals surface area (Å²) in [4.78, 5) is 27.8. The van der Waals surface area contributed by atoms with Crippen LogP contribution >= 0.6 is 0 Å². The molecule has 2 N–H and O–H groups in total. The summed E-state index contributed by atoms with van der Waals surface area (Å²) in [5.74, 6) is -0.124. The molecular weight excluding hydrogens is 414 g/mol. The minimum atomic E-state index is -3.68. The highest BCUT2D eigenvalue weighted by Gasteiger charge is 2.29. The van der Waals surface area contributed by atoms with Gasteiger partial charge in [0.1, 0.15) is 0 Å². The molecular formula is C23H25N3O4S. The van der Waals surface area contributed by atoms with Gasteiger partial charge >= 0.3 is 0 Å². The van der Waals surface area contributed by atoms with Gasteiger partial charge in [0.25, 0.3) is 5.91 Å². The lowest BCUT2D eigenvalue weighted by molar-refractivity contribution is 0.0952. The third-order valence-corrected chi connectivity index (χ3v) is 7.47. The maximum atomic E-state index is 13.2. The highest BCUT2D eigenvalue weighted by Crippen LogP contribution is 2.26. The van der Waals surface area contributed by atoms with Gasteiger partial charge in [0.15, 0.2) is 0 Å². The number of hydrogen-bond acceptors (Lipinski definition) is 4. The number of nitrogens with one attached hydrogen (secondary N) is 2. The van der Waals surface area contributed by atoms with E-state index in [9.17, 15) is 18.0 Å². The number of aromatic nitrogens is 1. The molecule has 3 aromatic rings. The first-order valence-corrected chi connectivity index (χ1v) is 11.8. The van der Waals surface area contributed by atoms with Gasteiger partial charge < -0.3 is 10.3 Å². The van der Waals surface area contributed by atoms with Crippen LogP contribution in [0, 0.1) is 5.92 Å². The summed E-state index contributed by atoms with van der Waals surface area (Å²) in [6.45, 7) is 3.32. The number of piperidine rings is 1. The van der Waals surface area contributed by atoms with E-state index in [2.05, 4.69) is 10.3 Å². The smallest absolute Gasteiger partial charge is 0.252 e. The molecule has 1 unspecified atom stereocenters. The molecule has 31 heavy (non-hydrogen) atoms. The average Bonchev–Trinajstić information content (AvgIpc) is 2.77. The molecule has 2 aromatic carbocycles. The molecule has 2 heterocycles. The Morgan fingerprint density at radius 1 is 1.16 bits per heavy atom. The Labute approximate surface area is 181 Å². The molecule has 0 spiro atoms. The van der Waals surface area contributed by atoms with Crippen LogP contribution in [0.1, 0.15) is 35.7 Å². The van der Waals surface area contributed by atoms with Crippen LogP contribution in [-0.4, -0.2) is 36.7 Å². The Morgan fingerprint density at radius 3 is 2.68 bits per heavy atom. The number of benzene rings is 2. The molecule has 8 heteroatoms. The van der Waals surface area contributed by atoms with E-state index in [1.54, 1.807) is 6.07 Å². The molecule has 1 amide bonds. The van der Waals surface area contributed by atoms with Gasteiger partial charge in [-0.15, -0.1) is 0 Å². The molecule has 1 aromatic heterocycles. The van der Waals surface area contributed by atoms with Crippen LogP contribution in [0.4, 0.5) is 0 Å². The number of hydrogen-bond donors (Lipinski definition) is 2. The van der Waals surface area contributed by atoms with E-state index in [4.69, 9.17) is 0 Å². The van der Waals surface area contributed by atoms with E-state index in [0.29, 0.717) is 36.5 Å². The summed E-state index contributed by atoms with van der Waals surface area (Å²) in [7, 11) is -3.68. The summed E-state index contributed by atoms with van der Waals surface area (Å²) < 4.78 is 27.9. The third-order valence-electron chi connectivity index (χ3n) is 5.61. The highest BCUT2D eigenvalue weighted by atomic mass is 32.2. The van der Waals surface area contributed by atoms with Gasteiger partial charge in [0, 0.05) is 36.6 Å². The van der Waals surface area contributed by atoms with Crippen LogP contribution in [-0.2, 0) is 16.6 Å². The summed E-state index contributed by atoms with van der Waals surface area (Å²) >= 11 is 0. The van der Waals surface area contributed by atoms with E-state index in [1.165, 1.54) is 22.5 Å². The van der Waals surface area contributed by atoms with E-state index in [-0.39, 0.29) is 10.5 Å². The Balaban J connectivity index is 1.69. The number of amides is 1. The van der Waals surface area contributed by atoms with Crippen molar-refractivity contribution in [1.82, 2.24) is 14.6 Å². The normalized spacial score (nSPS) is 17.5. The summed E-state index contributed by atoms with van der Waals surface area (Å²) in [5, 5.41) is 3.21. The molecule has 1 aliphatic rings. The minimum absolute atomic E-state index is 0.123. The maximum absolute atomic E-state index is 13.2. The first kappa shape index (κ1) is 21.3.